The van der Waals surface area contributed by atoms with Gasteiger partial charge in [0.15, 0.2) is 0 Å². The molecule has 0 saturated carbocycles. The Morgan fingerprint density at radius 1 is 1.30 bits per heavy atom. The van der Waals surface area contributed by atoms with Crippen molar-refractivity contribution in [3.8, 4) is 5.75 Å². The second-order valence-corrected chi connectivity index (χ2v) is 4.08. The minimum absolute atomic E-state index is 0.0856. The molecule has 0 aliphatic carbocycles. The number of para-hydroxylation sites is 1. The van der Waals surface area contributed by atoms with E-state index in [0.29, 0.717) is 5.75 Å². The summed E-state index contributed by atoms with van der Waals surface area (Å²) in [5, 5.41) is 12.3. The molecule has 1 aromatic carbocycles. The van der Waals surface area contributed by atoms with Crippen LogP contribution in [0.1, 0.15) is 10.5 Å². The van der Waals surface area contributed by atoms with Gasteiger partial charge in [-0.1, -0.05) is 18.2 Å². The number of aromatic nitrogens is 2. The molecular weight excluding hydrogens is 258 g/mol. The Bertz CT molecular complexity index is 534. The number of aliphatic hydroxyl groups excluding tert-OH is 1. The minimum atomic E-state index is -0.796. The Balaban J connectivity index is 1.73. The highest BCUT2D eigenvalue weighted by Crippen LogP contribution is 2.08. The molecule has 1 heterocycles. The molecule has 6 heteroatoms. The van der Waals surface area contributed by atoms with Crippen molar-refractivity contribution in [2.75, 3.05) is 13.2 Å². The highest BCUT2D eigenvalue weighted by Gasteiger charge is 2.10. The van der Waals surface area contributed by atoms with Gasteiger partial charge in [0.1, 0.15) is 24.2 Å². The average Bonchev–Trinajstić information content (AvgIpc) is 2.52. The van der Waals surface area contributed by atoms with Gasteiger partial charge in [-0.3, -0.25) is 9.78 Å². The number of ether oxygens (including phenoxy) is 1. The third-order valence-electron chi connectivity index (χ3n) is 2.48. The van der Waals surface area contributed by atoms with Crippen LogP contribution in [0.25, 0.3) is 0 Å². The quantitative estimate of drug-likeness (QED) is 0.807. The summed E-state index contributed by atoms with van der Waals surface area (Å²) in [6.45, 7) is 0.188. The van der Waals surface area contributed by atoms with Crippen molar-refractivity contribution in [3.05, 3.63) is 54.6 Å². The van der Waals surface area contributed by atoms with Crippen molar-refractivity contribution in [2.24, 2.45) is 0 Å². The second-order valence-electron chi connectivity index (χ2n) is 4.08. The molecule has 0 aliphatic heterocycles. The number of hydrogen-bond donors (Lipinski definition) is 2. The number of benzene rings is 1. The lowest BCUT2D eigenvalue weighted by molar-refractivity contribution is 0.0839. The molecule has 20 heavy (non-hydrogen) atoms. The molecule has 104 valence electrons. The van der Waals surface area contributed by atoms with Crippen LogP contribution >= 0.6 is 0 Å². The van der Waals surface area contributed by atoms with E-state index in [4.69, 9.17) is 4.74 Å². The van der Waals surface area contributed by atoms with Crippen LogP contribution in [0.4, 0.5) is 0 Å². The van der Waals surface area contributed by atoms with Gasteiger partial charge in [-0.05, 0) is 12.1 Å². The SMILES string of the molecule is O=C(NC[C@@H](O)COc1ccccc1)c1cnccn1. The largest absolute Gasteiger partial charge is 0.491 e. The van der Waals surface area contributed by atoms with Crippen LogP contribution in [-0.4, -0.2) is 40.2 Å². The molecule has 1 aromatic heterocycles. The van der Waals surface area contributed by atoms with Crippen LogP contribution < -0.4 is 10.1 Å². The molecule has 0 aliphatic rings. The molecule has 6 nitrogen and oxygen atoms in total. The van der Waals surface area contributed by atoms with E-state index in [1.165, 1.54) is 18.6 Å². The van der Waals surface area contributed by atoms with Crippen LogP contribution in [-0.2, 0) is 0 Å². The van der Waals surface area contributed by atoms with Gasteiger partial charge in [0.25, 0.3) is 5.91 Å². The van der Waals surface area contributed by atoms with Crippen molar-refractivity contribution >= 4 is 5.91 Å². The van der Waals surface area contributed by atoms with E-state index in [0.717, 1.165) is 0 Å². The lowest BCUT2D eigenvalue weighted by Gasteiger charge is -2.13. The fourth-order valence-electron chi connectivity index (χ4n) is 1.49. The zero-order valence-electron chi connectivity index (χ0n) is 10.8. The van der Waals surface area contributed by atoms with Gasteiger partial charge in [0, 0.05) is 18.9 Å². The summed E-state index contributed by atoms with van der Waals surface area (Å²) >= 11 is 0. The van der Waals surface area contributed by atoms with Crippen molar-refractivity contribution in [3.63, 3.8) is 0 Å². The molecule has 2 N–H and O–H groups in total. The zero-order valence-corrected chi connectivity index (χ0v) is 10.8. The van der Waals surface area contributed by atoms with Gasteiger partial charge < -0.3 is 15.2 Å². The molecule has 1 atom stereocenters. The number of amides is 1. The topological polar surface area (TPSA) is 84.3 Å². The van der Waals surface area contributed by atoms with Crippen molar-refractivity contribution in [2.45, 2.75) is 6.10 Å². The summed E-state index contributed by atoms with van der Waals surface area (Å²) in [5.41, 5.74) is 0.212. The van der Waals surface area contributed by atoms with Gasteiger partial charge in [-0.15, -0.1) is 0 Å². The van der Waals surface area contributed by atoms with Gasteiger partial charge in [0.05, 0.1) is 6.20 Å². The molecule has 0 unspecified atom stereocenters. The summed E-state index contributed by atoms with van der Waals surface area (Å²) in [6.07, 6.45) is 3.49. The molecule has 2 aromatic rings. The van der Waals surface area contributed by atoms with Crippen LogP contribution in [0.15, 0.2) is 48.9 Å². The number of hydrogen-bond acceptors (Lipinski definition) is 5. The normalized spacial score (nSPS) is 11.7. The maximum atomic E-state index is 11.7. The van der Waals surface area contributed by atoms with Crippen LogP contribution in [0.3, 0.4) is 0 Å². The van der Waals surface area contributed by atoms with Gasteiger partial charge in [-0.25, -0.2) is 4.98 Å². The first-order chi connectivity index (χ1) is 9.75. The molecule has 0 fully saturated rings. The summed E-state index contributed by atoms with van der Waals surface area (Å²) in [7, 11) is 0. The van der Waals surface area contributed by atoms with Crippen LogP contribution in [0, 0.1) is 0 Å². The summed E-state index contributed by atoms with van der Waals surface area (Å²) in [5.74, 6) is 0.295. The first kappa shape index (κ1) is 14.0. The Kier molecular flexibility index (Phi) is 5.02. The molecule has 0 spiro atoms. The number of carbonyl (C=O) groups is 1. The summed E-state index contributed by atoms with van der Waals surface area (Å²) in [4.78, 5) is 19.3. The Hall–Kier alpha value is -2.47. The predicted molar refractivity (Wildman–Crippen MR) is 72.3 cm³/mol. The third-order valence-corrected chi connectivity index (χ3v) is 2.48. The molecule has 1 amide bonds. The molecule has 2 rings (SSSR count). The highest BCUT2D eigenvalue weighted by molar-refractivity contribution is 5.91. The maximum absolute atomic E-state index is 11.7. The van der Waals surface area contributed by atoms with Crippen molar-refractivity contribution < 1.29 is 14.6 Å². The first-order valence-corrected chi connectivity index (χ1v) is 6.16. The zero-order chi connectivity index (χ0) is 14.2. The number of nitrogens with zero attached hydrogens (tertiary/aromatic N) is 2. The maximum Gasteiger partial charge on any atom is 0.271 e. The molecule has 0 saturated heterocycles. The Morgan fingerprint density at radius 2 is 2.10 bits per heavy atom. The van der Waals surface area contributed by atoms with Crippen LogP contribution in [0.5, 0.6) is 5.75 Å². The smallest absolute Gasteiger partial charge is 0.271 e. The van der Waals surface area contributed by atoms with E-state index in [1.54, 1.807) is 12.1 Å². The van der Waals surface area contributed by atoms with Gasteiger partial charge >= 0.3 is 0 Å². The summed E-state index contributed by atoms with van der Waals surface area (Å²) < 4.78 is 5.38. The fraction of sp³-hybridized carbons (Fsp3) is 0.214. The van der Waals surface area contributed by atoms with Crippen LogP contribution in [0.2, 0.25) is 0 Å². The third kappa shape index (κ3) is 4.33. The predicted octanol–water partition coefficient (Wildman–Crippen LogP) is 0.646. The van der Waals surface area contributed by atoms with Crippen molar-refractivity contribution in [1.29, 1.82) is 0 Å². The van der Waals surface area contributed by atoms with Gasteiger partial charge in [0.2, 0.25) is 0 Å². The van der Waals surface area contributed by atoms with E-state index >= 15 is 0 Å². The first-order valence-electron chi connectivity index (χ1n) is 6.16. The highest BCUT2D eigenvalue weighted by atomic mass is 16.5. The standard InChI is InChI=1S/C14H15N3O3/c18-11(10-20-12-4-2-1-3-5-12)8-17-14(19)13-9-15-6-7-16-13/h1-7,9,11,18H,8,10H2,(H,17,19)/t11-/m1/s1. The van der Waals surface area contributed by atoms with E-state index in [9.17, 15) is 9.90 Å². The van der Waals surface area contributed by atoms with Crippen molar-refractivity contribution in [1.82, 2.24) is 15.3 Å². The molecule has 0 radical (unpaired) electrons. The number of aliphatic hydroxyl groups is 1. The Morgan fingerprint density at radius 3 is 2.80 bits per heavy atom. The average molecular weight is 273 g/mol. The van der Waals surface area contributed by atoms with E-state index < -0.39 is 6.10 Å². The van der Waals surface area contributed by atoms with E-state index in [-0.39, 0.29) is 24.8 Å². The van der Waals surface area contributed by atoms with Gasteiger partial charge in [-0.2, -0.15) is 0 Å². The Labute approximate surface area is 116 Å². The second kappa shape index (κ2) is 7.20. The molecular formula is C14H15N3O3. The monoisotopic (exact) mass is 273 g/mol. The fourth-order valence-corrected chi connectivity index (χ4v) is 1.49. The number of rotatable bonds is 6. The van der Waals surface area contributed by atoms with E-state index in [2.05, 4.69) is 15.3 Å². The molecule has 0 bridgehead atoms. The number of carbonyl (C=O) groups excluding carboxylic acids is 1. The minimum Gasteiger partial charge on any atom is -0.491 e. The van der Waals surface area contributed by atoms with E-state index in [1.807, 2.05) is 18.2 Å². The summed E-state index contributed by atoms with van der Waals surface area (Å²) in [6, 6.07) is 9.16. The lowest BCUT2D eigenvalue weighted by Crippen LogP contribution is -2.35. The lowest BCUT2D eigenvalue weighted by atomic mass is 10.3. The number of nitrogens with one attached hydrogen (secondary N) is 1.